The quantitative estimate of drug-likeness (QED) is 0.0835. The molecule has 6 rings (SSSR count). The van der Waals surface area contributed by atoms with Gasteiger partial charge < -0.3 is 50.4 Å². The maximum atomic E-state index is 13.9. The Morgan fingerprint density at radius 3 is 2.31 bits per heavy atom. The zero-order valence-electron chi connectivity index (χ0n) is 36.0. The smallest absolute Gasteiger partial charge is 0.251 e. The lowest BCUT2D eigenvalue weighted by atomic mass is 9.85. The van der Waals surface area contributed by atoms with Crippen LogP contribution in [0.4, 0.5) is 0 Å². The van der Waals surface area contributed by atoms with Crippen LogP contribution in [-0.4, -0.2) is 118 Å². The highest BCUT2D eigenvalue weighted by molar-refractivity contribution is 7.13. The number of hydrogen-bond acceptors (Lipinski definition) is 13. The third-order valence-corrected chi connectivity index (χ3v) is 12.3. The normalized spacial score (nSPS) is 19.6. The van der Waals surface area contributed by atoms with Crippen LogP contribution in [0.1, 0.15) is 67.2 Å². The van der Waals surface area contributed by atoms with Crippen molar-refractivity contribution >= 4 is 46.6 Å². The molecule has 18 heteroatoms. The van der Waals surface area contributed by atoms with Crippen LogP contribution < -0.4 is 25.4 Å². The van der Waals surface area contributed by atoms with E-state index in [1.54, 1.807) is 80.1 Å². The summed E-state index contributed by atoms with van der Waals surface area (Å²) in [5, 5.41) is 49.4. The lowest BCUT2D eigenvalue weighted by Gasteiger charge is -2.35. The van der Waals surface area contributed by atoms with E-state index in [-0.39, 0.29) is 44.2 Å². The van der Waals surface area contributed by atoms with Gasteiger partial charge in [0, 0.05) is 50.0 Å². The number of likely N-dealkylation sites (tertiary alicyclic amines) is 1. The fraction of sp³-hybridized carbons (Fsp3) is 0.435. The van der Waals surface area contributed by atoms with Gasteiger partial charge in [-0.15, -0.1) is 11.3 Å². The number of benzene rings is 3. The fourth-order valence-electron chi connectivity index (χ4n) is 7.26. The SMILES string of the molecule is Cc1ncsc1-c1ccc(CNC(=O)[C@@H]2C[C@@H](O)CN2C(=O)[C@@H](NC(=O)COC[C@H](O)[C@@H](O)COc2ccc(C(=O)NC3CC(Oc4ccc(C#N)c(Cl)c4)C3)cc2)C(C)(C)C)cc1. The predicted octanol–water partition coefficient (Wildman–Crippen LogP) is 3.91. The molecule has 1 aliphatic carbocycles. The molecule has 1 aliphatic heterocycles. The molecule has 1 saturated heterocycles. The number of aryl methyl sites for hydroxylation is 1. The number of nitrogens with zero attached hydrogens (tertiary/aromatic N) is 3. The maximum absolute atomic E-state index is 13.9. The first-order chi connectivity index (χ1) is 30.5. The van der Waals surface area contributed by atoms with E-state index in [0.717, 1.165) is 21.7 Å². The summed E-state index contributed by atoms with van der Waals surface area (Å²) in [6.07, 6.45) is -2.58. The second-order valence-electron chi connectivity index (χ2n) is 17.1. The highest BCUT2D eigenvalue weighted by Gasteiger charge is 2.44. The number of rotatable bonds is 18. The number of ether oxygens (including phenoxy) is 3. The summed E-state index contributed by atoms with van der Waals surface area (Å²) in [5.41, 5.74) is 4.58. The molecule has 0 unspecified atom stereocenters. The van der Waals surface area contributed by atoms with E-state index in [9.17, 15) is 34.5 Å². The fourth-order valence-corrected chi connectivity index (χ4v) is 8.29. The maximum Gasteiger partial charge on any atom is 0.251 e. The Hall–Kier alpha value is -5.61. The van der Waals surface area contributed by atoms with Gasteiger partial charge in [-0.25, -0.2) is 4.98 Å². The number of halogens is 1. The molecule has 0 radical (unpaired) electrons. The molecule has 2 heterocycles. The summed E-state index contributed by atoms with van der Waals surface area (Å²) >= 11 is 7.63. The Labute approximate surface area is 380 Å². The van der Waals surface area contributed by atoms with E-state index < -0.39 is 66.7 Å². The Balaban J connectivity index is 0.898. The van der Waals surface area contributed by atoms with Crippen LogP contribution in [0.15, 0.2) is 72.2 Å². The Morgan fingerprint density at radius 1 is 0.984 bits per heavy atom. The van der Waals surface area contributed by atoms with Crippen molar-refractivity contribution in [3.05, 3.63) is 99.6 Å². The van der Waals surface area contributed by atoms with Crippen LogP contribution in [0.25, 0.3) is 10.4 Å². The molecule has 4 aromatic rings. The summed E-state index contributed by atoms with van der Waals surface area (Å²) in [5.74, 6) is -0.994. The largest absolute Gasteiger partial charge is 0.491 e. The first-order valence-corrected chi connectivity index (χ1v) is 22.1. The summed E-state index contributed by atoms with van der Waals surface area (Å²) in [7, 11) is 0. The van der Waals surface area contributed by atoms with Crippen molar-refractivity contribution in [2.75, 3.05) is 26.4 Å². The van der Waals surface area contributed by atoms with Gasteiger partial charge in [-0.05, 0) is 59.9 Å². The predicted molar refractivity (Wildman–Crippen MR) is 237 cm³/mol. The molecular weight excluding hydrogens is 864 g/mol. The molecule has 3 aromatic carbocycles. The molecule has 0 spiro atoms. The molecule has 0 bridgehead atoms. The number of aliphatic hydroxyl groups is 3. The van der Waals surface area contributed by atoms with E-state index in [4.69, 9.17) is 31.1 Å². The van der Waals surface area contributed by atoms with Crippen molar-refractivity contribution in [1.29, 1.82) is 5.26 Å². The molecule has 1 aromatic heterocycles. The summed E-state index contributed by atoms with van der Waals surface area (Å²) in [6, 6.07) is 18.8. The third-order valence-electron chi connectivity index (χ3n) is 11.0. The first-order valence-electron chi connectivity index (χ1n) is 20.9. The number of β-amino-alcohol motifs (C(OH)–C–C–N with tert-alkyl or cyclic N) is 1. The average molecular weight is 917 g/mol. The van der Waals surface area contributed by atoms with Crippen LogP contribution in [0.3, 0.4) is 0 Å². The van der Waals surface area contributed by atoms with Crippen LogP contribution in [0.2, 0.25) is 5.02 Å². The minimum Gasteiger partial charge on any atom is -0.491 e. The Kier molecular flexibility index (Phi) is 16.0. The minimum absolute atomic E-state index is 0.0419. The van der Waals surface area contributed by atoms with E-state index in [1.165, 1.54) is 4.90 Å². The third kappa shape index (κ3) is 12.6. The summed E-state index contributed by atoms with van der Waals surface area (Å²) in [4.78, 5) is 59.9. The molecule has 5 atom stereocenters. The zero-order valence-corrected chi connectivity index (χ0v) is 37.5. The van der Waals surface area contributed by atoms with E-state index in [0.29, 0.717) is 40.5 Å². The van der Waals surface area contributed by atoms with E-state index in [2.05, 4.69) is 20.9 Å². The van der Waals surface area contributed by atoms with Crippen LogP contribution in [0.5, 0.6) is 11.5 Å². The van der Waals surface area contributed by atoms with Gasteiger partial charge in [0.25, 0.3) is 5.91 Å². The highest BCUT2D eigenvalue weighted by Crippen LogP contribution is 2.31. The van der Waals surface area contributed by atoms with Gasteiger partial charge in [0.05, 0.1) is 39.4 Å². The average Bonchev–Trinajstić information content (AvgIpc) is 3.87. The number of aromatic nitrogens is 1. The van der Waals surface area contributed by atoms with Crippen molar-refractivity contribution in [1.82, 2.24) is 25.8 Å². The number of hydrogen-bond donors (Lipinski definition) is 6. The van der Waals surface area contributed by atoms with Crippen LogP contribution in [0, 0.1) is 23.7 Å². The molecular formula is C46H53ClN6O10S. The number of nitrogens with one attached hydrogen (secondary N) is 3. The lowest BCUT2D eigenvalue weighted by molar-refractivity contribution is -0.145. The van der Waals surface area contributed by atoms with E-state index in [1.807, 2.05) is 37.3 Å². The number of nitriles is 1. The van der Waals surface area contributed by atoms with Crippen molar-refractivity contribution in [2.45, 2.75) is 96.0 Å². The number of thiazole rings is 1. The topological polar surface area (TPSA) is 233 Å². The Bertz CT molecular complexity index is 2310. The van der Waals surface area contributed by atoms with Crippen molar-refractivity contribution in [2.24, 2.45) is 5.41 Å². The van der Waals surface area contributed by atoms with Crippen LogP contribution in [-0.2, 0) is 25.7 Å². The first kappa shape index (κ1) is 47.9. The van der Waals surface area contributed by atoms with E-state index >= 15 is 0 Å². The second kappa shape index (κ2) is 21.4. The number of aliphatic hydroxyl groups excluding tert-OH is 3. The summed E-state index contributed by atoms with van der Waals surface area (Å²) < 4.78 is 16.9. The molecule has 16 nitrogen and oxygen atoms in total. The van der Waals surface area contributed by atoms with Gasteiger partial charge in [0.15, 0.2) is 0 Å². The van der Waals surface area contributed by atoms with Gasteiger partial charge in [0.1, 0.15) is 61.2 Å². The summed E-state index contributed by atoms with van der Waals surface area (Å²) in [6.45, 7) is 6.09. The minimum atomic E-state index is -1.42. The molecule has 1 saturated carbocycles. The van der Waals surface area contributed by atoms with Gasteiger partial charge in [-0.3, -0.25) is 19.2 Å². The molecule has 6 N–H and O–H groups in total. The molecule has 2 fully saturated rings. The molecule has 2 aliphatic rings. The Morgan fingerprint density at radius 2 is 1.67 bits per heavy atom. The van der Waals surface area contributed by atoms with Crippen molar-refractivity contribution < 1.29 is 48.7 Å². The zero-order chi connectivity index (χ0) is 46.1. The molecule has 64 heavy (non-hydrogen) atoms. The number of amides is 4. The second-order valence-corrected chi connectivity index (χ2v) is 18.3. The van der Waals surface area contributed by atoms with Crippen molar-refractivity contribution in [3.8, 4) is 28.0 Å². The van der Waals surface area contributed by atoms with Crippen LogP contribution >= 0.6 is 22.9 Å². The van der Waals surface area contributed by atoms with Crippen molar-refractivity contribution in [3.63, 3.8) is 0 Å². The van der Waals surface area contributed by atoms with Gasteiger partial charge in [-0.2, -0.15) is 5.26 Å². The van der Waals surface area contributed by atoms with Gasteiger partial charge in [-0.1, -0.05) is 56.6 Å². The monoisotopic (exact) mass is 916 g/mol. The molecule has 340 valence electrons. The molecule has 4 amide bonds. The van der Waals surface area contributed by atoms with Gasteiger partial charge >= 0.3 is 0 Å². The van der Waals surface area contributed by atoms with Gasteiger partial charge in [0.2, 0.25) is 17.7 Å². The lowest BCUT2D eigenvalue weighted by Crippen LogP contribution is -2.58. The highest BCUT2D eigenvalue weighted by atomic mass is 35.5. The number of carbonyl (C=O) groups is 4. The standard InChI is InChI=1S/C46H53ClN6O10S/c1-26-41(64-25-50-26)28-7-5-27(6-8-28)20-49-44(59)37-17-32(54)21-53(37)45(60)42(46(2,3)4)52-40(57)24-61-22-38(55)39(56)23-62-33-12-9-29(10-13-33)43(58)51-31-15-35(16-31)63-34-14-11-30(19-48)36(47)18-34/h5-14,18,25,31-32,35,37-39,42,54-56H,15-17,20-24H2,1-4H3,(H,49,59)(H,51,58)(H,52,57)/t31?,32-,35?,37+,38+,39+,42-/m1/s1. The number of carbonyl (C=O) groups excluding carboxylic acids is 4.